The molecule has 3 rings (SSSR count). The van der Waals surface area contributed by atoms with Gasteiger partial charge in [-0.3, -0.25) is 4.79 Å². The maximum Gasteiger partial charge on any atom is 0.352 e. The Hall–Kier alpha value is -1.70. The fourth-order valence-corrected chi connectivity index (χ4v) is 3.90. The Morgan fingerprint density at radius 1 is 1.48 bits per heavy atom. The van der Waals surface area contributed by atoms with Crippen LogP contribution in [0.5, 0.6) is 0 Å². The highest BCUT2D eigenvalue weighted by Crippen LogP contribution is 2.45. The molecule has 3 aliphatic heterocycles. The lowest BCUT2D eigenvalue weighted by Crippen LogP contribution is -2.61. The lowest BCUT2D eigenvalue weighted by Gasteiger charge is -2.44. The van der Waals surface area contributed by atoms with Crippen molar-refractivity contribution >= 4 is 11.9 Å². The molecule has 7 heteroatoms. The number of hydrogen-bond acceptors (Lipinski definition) is 5. The molecule has 23 heavy (non-hydrogen) atoms. The normalized spacial score (nSPS) is 35.4. The predicted octanol–water partition coefficient (Wildman–Crippen LogP) is -0.394. The molecule has 0 aliphatic carbocycles. The van der Waals surface area contributed by atoms with Gasteiger partial charge < -0.3 is 25.5 Å². The van der Waals surface area contributed by atoms with Crippen LogP contribution in [-0.2, 0) is 9.59 Å². The number of amides is 1. The van der Waals surface area contributed by atoms with Gasteiger partial charge in [-0.25, -0.2) is 4.79 Å². The van der Waals surface area contributed by atoms with Crippen molar-refractivity contribution in [1.82, 2.24) is 10.2 Å². The molecule has 0 spiro atoms. The molecule has 0 aromatic carbocycles. The van der Waals surface area contributed by atoms with Crippen LogP contribution < -0.4 is 5.32 Å². The number of carboxylic acid groups (broad SMARTS) is 1. The van der Waals surface area contributed by atoms with Crippen molar-refractivity contribution in [2.75, 3.05) is 6.54 Å². The van der Waals surface area contributed by atoms with Gasteiger partial charge in [0.2, 0.25) is 5.91 Å². The van der Waals surface area contributed by atoms with E-state index in [1.165, 1.54) is 4.90 Å². The Bertz CT molecular complexity index is 610. The summed E-state index contributed by atoms with van der Waals surface area (Å²) in [6.45, 7) is 3.92. The summed E-state index contributed by atoms with van der Waals surface area (Å²) in [5, 5.41) is 32.0. The van der Waals surface area contributed by atoms with Crippen LogP contribution in [0.1, 0.15) is 26.7 Å². The molecule has 4 N–H and O–H groups in total. The summed E-state index contributed by atoms with van der Waals surface area (Å²) in [4.78, 5) is 25.1. The average molecular weight is 322 g/mol. The zero-order valence-electron chi connectivity index (χ0n) is 13.2. The van der Waals surface area contributed by atoms with Gasteiger partial charge in [0.05, 0.1) is 24.2 Å². The van der Waals surface area contributed by atoms with E-state index in [0.717, 1.165) is 5.57 Å². The minimum absolute atomic E-state index is 0.00376. The van der Waals surface area contributed by atoms with Crippen LogP contribution in [0.15, 0.2) is 22.9 Å². The van der Waals surface area contributed by atoms with E-state index in [1.807, 2.05) is 13.0 Å². The SMILES string of the molecule is C/C(=C\[C@@H]1C[C@H](O)CN1)C1=C(C(=O)O)N2C(=O)[C@H]([C@@H](C)O)[C@H]2C1. The fraction of sp³-hybridized carbons (Fsp3) is 0.625. The molecule has 2 fully saturated rings. The first-order valence-electron chi connectivity index (χ1n) is 7.89. The molecule has 1 amide bonds. The van der Waals surface area contributed by atoms with Crippen LogP contribution in [0.4, 0.5) is 0 Å². The summed E-state index contributed by atoms with van der Waals surface area (Å²) in [6.07, 6.45) is 1.79. The van der Waals surface area contributed by atoms with Crippen LogP contribution in [0.25, 0.3) is 0 Å². The van der Waals surface area contributed by atoms with Crippen LogP contribution in [0.2, 0.25) is 0 Å². The molecule has 0 saturated carbocycles. The number of nitrogens with zero attached hydrogens (tertiary/aromatic N) is 1. The highest BCUT2D eigenvalue weighted by Gasteiger charge is 2.56. The number of carbonyl (C=O) groups excluding carboxylic acids is 1. The van der Waals surface area contributed by atoms with Crippen molar-refractivity contribution in [3.05, 3.63) is 22.9 Å². The molecule has 0 radical (unpaired) electrons. The second kappa shape index (κ2) is 5.74. The standard InChI is InChI=1S/C16H22N2O5/c1-7(3-9-4-10(20)6-17-9)11-5-12-13(8(2)19)15(21)18(12)14(11)16(22)23/h3,8-10,12-13,17,19-20H,4-6H2,1-2H3,(H,22,23)/b7-3+/t8-,9-,10+,12-,13-/m1/s1. The Kier molecular flexibility index (Phi) is 4.03. The molecule has 126 valence electrons. The minimum Gasteiger partial charge on any atom is -0.477 e. The van der Waals surface area contributed by atoms with Gasteiger partial charge in [0.25, 0.3) is 0 Å². The number of fused-ring (bicyclic) bond motifs is 1. The van der Waals surface area contributed by atoms with E-state index in [1.54, 1.807) is 6.92 Å². The summed E-state index contributed by atoms with van der Waals surface area (Å²) in [5.74, 6) is -1.97. The number of β-amino-alcohol motifs (C(OH)–C–C–N with tert-alkyl or cyclic N) is 1. The summed E-state index contributed by atoms with van der Waals surface area (Å²) >= 11 is 0. The first-order chi connectivity index (χ1) is 10.8. The summed E-state index contributed by atoms with van der Waals surface area (Å²) in [5.41, 5.74) is 1.48. The molecule has 2 saturated heterocycles. The van der Waals surface area contributed by atoms with E-state index in [9.17, 15) is 24.9 Å². The smallest absolute Gasteiger partial charge is 0.352 e. The first kappa shape index (κ1) is 16.2. The molecule has 3 aliphatic rings. The van der Waals surface area contributed by atoms with E-state index in [4.69, 9.17) is 0 Å². The number of nitrogens with one attached hydrogen (secondary N) is 1. The molecule has 0 aromatic heterocycles. The van der Waals surface area contributed by atoms with Crippen molar-refractivity contribution < 1.29 is 24.9 Å². The predicted molar refractivity (Wildman–Crippen MR) is 81.3 cm³/mol. The number of carbonyl (C=O) groups is 2. The van der Waals surface area contributed by atoms with Gasteiger partial charge in [0.1, 0.15) is 5.70 Å². The van der Waals surface area contributed by atoms with Crippen molar-refractivity contribution in [2.24, 2.45) is 5.92 Å². The number of aliphatic hydroxyl groups is 2. The van der Waals surface area contributed by atoms with Crippen LogP contribution >= 0.6 is 0 Å². The highest BCUT2D eigenvalue weighted by atomic mass is 16.4. The third kappa shape index (κ3) is 2.58. The average Bonchev–Trinajstić information content (AvgIpc) is 2.99. The Labute approximate surface area is 134 Å². The monoisotopic (exact) mass is 322 g/mol. The number of rotatable bonds is 4. The van der Waals surface area contributed by atoms with Gasteiger partial charge in [-0.15, -0.1) is 0 Å². The topological polar surface area (TPSA) is 110 Å². The van der Waals surface area contributed by atoms with Gasteiger partial charge in [0, 0.05) is 12.6 Å². The maximum atomic E-state index is 12.2. The number of aliphatic hydroxyl groups excluding tert-OH is 2. The number of carboxylic acids is 1. The molecular formula is C16H22N2O5. The van der Waals surface area contributed by atoms with Gasteiger partial charge in [0.15, 0.2) is 0 Å². The Balaban J connectivity index is 1.87. The van der Waals surface area contributed by atoms with Crippen molar-refractivity contribution in [3.63, 3.8) is 0 Å². The largest absolute Gasteiger partial charge is 0.477 e. The fourth-order valence-electron chi connectivity index (χ4n) is 3.90. The van der Waals surface area contributed by atoms with E-state index in [-0.39, 0.29) is 29.8 Å². The van der Waals surface area contributed by atoms with Crippen LogP contribution in [-0.4, -0.2) is 62.9 Å². The molecule has 7 nitrogen and oxygen atoms in total. The van der Waals surface area contributed by atoms with Gasteiger partial charge in [-0.05, 0) is 37.8 Å². The molecule has 5 atom stereocenters. The third-order valence-electron chi connectivity index (χ3n) is 5.00. The van der Waals surface area contributed by atoms with Crippen LogP contribution in [0, 0.1) is 5.92 Å². The minimum atomic E-state index is -1.12. The van der Waals surface area contributed by atoms with Gasteiger partial charge in [-0.1, -0.05) is 6.08 Å². The van der Waals surface area contributed by atoms with Crippen molar-refractivity contribution in [3.8, 4) is 0 Å². The number of β-lactam (4-membered cyclic amide) rings is 1. The number of allylic oxidation sites excluding steroid dienone is 1. The third-order valence-corrected chi connectivity index (χ3v) is 5.00. The van der Waals surface area contributed by atoms with Crippen molar-refractivity contribution in [1.29, 1.82) is 0 Å². The number of hydrogen-bond donors (Lipinski definition) is 4. The van der Waals surface area contributed by atoms with Gasteiger partial charge >= 0.3 is 5.97 Å². The van der Waals surface area contributed by atoms with Crippen molar-refractivity contribution in [2.45, 2.75) is 51.0 Å². The van der Waals surface area contributed by atoms with E-state index in [0.29, 0.717) is 25.0 Å². The summed E-state index contributed by atoms with van der Waals surface area (Å²) in [7, 11) is 0. The second-order valence-corrected chi connectivity index (χ2v) is 6.63. The Morgan fingerprint density at radius 3 is 2.70 bits per heavy atom. The zero-order valence-corrected chi connectivity index (χ0v) is 13.2. The molecule has 0 bridgehead atoms. The molecular weight excluding hydrogens is 300 g/mol. The van der Waals surface area contributed by atoms with E-state index >= 15 is 0 Å². The summed E-state index contributed by atoms with van der Waals surface area (Å²) in [6, 6.07) is -0.266. The summed E-state index contributed by atoms with van der Waals surface area (Å²) < 4.78 is 0. The molecule has 3 heterocycles. The van der Waals surface area contributed by atoms with E-state index < -0.39 is 18.0 Å². The highest BCUT2D eigenvalue weighted by molar-refractivity contribution is 6.00. The quantitative estimate of drug-likeness (QED) is 0.525. The molecule has 0 unspecified atom stereocenters. The second-order valence-electron chi connectivity index (χ2n) is 6.63. The Morgan fingerprint density at radius 2 is 2.17 bits per heavy atom. The first-order valence-corrected chi connectivity index (χ1v) is 7.89. The lowest BCUT2D eigenvalue weighted by molar-refractivity contribution is -0.161. The molecule has 0 aromatic rings. The van der Waals surface area contributed by atoms with Gasteiger partial charge in [-0.2, -0.15) is 0 Å². The van der Waals surface area contributed by atoms with E-state index in [2.05, 4.69) is 5.32 Å². The zero-order chi connectivity index (χ0) is 16.9. The lowest BCUT2D eigenvalue weighted by atomic mass is 9.82. The number of aliphatic carboxylic acids is 1. The maximum absolute atomic E-state index is 12.2. The van der Waals surface area contributed by atoms with Crippen LogP contribution in [0.3, 0.4) is 0 Å².